The lowest BCUT2D eigenvalue weighted by Gasteiger charge is -2.27. The van der Waals surface area contributed by atoms with Gasteiger partial charge in [0.25, 0.3) is 5.69 Å². The number of nitrogens with one attached hydrogen (secondary N) is 1. The third-order valence-electron chi connectivity index (χ3n) is 3.59. The summed E-state index contributed by atoms with van der Waals surface area (Å²) in [5, 5.41) is 14.1. The third kappa shape index (κ3) is 7.43. The zero-order valence-corrected chi connectivity index (χ0v) is 14.6. The van der Waals surface area contributed by atoms with Gasteiger partial charge in [-0.15, -0.1) is 0 Å². The molecule has 1 unspecified atom stereocenters. The topological polar surface area (TPSA) is 67.6 Å². The number of rotatable bonds is 11. The van der Waals surface area contributed by atoms with Crippen molar-refractivity contribution < 1.29 is 9.66 Å². The number of benzene rings is 1. The first-order valence-electron chi connectivity index (χ1n) is 8.27. The molecule has 0 fully saturated rings. The molecule has 6 nitrogen and oxygen atoms in total. The van der Waals surface area contributed by atoms with Crippen molar-refractivity contribution in [1.29, 1.82) is 0 Å². The van der Waals surface area contributed by atoms with Crippen LogP contribution in [0.15, 0.2) is 24.3 Å². The van der Waals surface area contributed by atoms with Gasteiger partial charge in [0.2, 0.25) is 0 Å². The average molecular weight is 323 g/mol. The van der Waals surface area contributed by atoms with E-state index in [1.165, 1.54) is 12.1 Å². The molecule has 0 saturated heterocycles. The van der Waals surface area contributed by atoms with Crippen LogP contribution in [-0.2, 0) is 4.74 Å². The number of hydrogen-bond donors (Lipinski definition) is 1. The van der Waals surface area contributed by atoms with Gasteiger partial charge in [0.15, 0.2) is 0 Å². The third-order valence-corrected chi connectivity index (χ3v) is 3.59. The van der Waals surface area contributed by atoms with Crippen molar-refractivity contribution in [2.24, 2.45) is 5.92 Å². The highest BCUT2D eigenvalue weighted by Gasteiger charge is 2.14. The van der Waals surface area contributed by atoms with E-state index in [-0.39, 0.29) is 16.7 Å². The fourth-order valence-corrected chi connectivity index (χ4v) is 2.29. The van der Waals surface area contributed by atoms with Gasteiger partial charge in [-0.25, -0.2) is 0 Å². The molecule has 130 valence electrons. The maximum Gasteiger partial charge on any atom is 0.269 e. The summed E-state index contributed by atoms with van der Waals surface area (Å²) in [6.07, 6.45) is 0. The van der Waals surface area contributed by atoms with Gasteiger partial charge >= 0.3 is 0 Å². The van der Waals surface area contributed by atoms with Gasteiger partial charge < -0.3 is 15.0 Å². The maximum atomic E-state index is 10.7. The van der Waals surface area contributed by atoms with Crippen LogP contribution >= 0.6 is 0 Å². The van der Waals surface area contributed by atoms with Gasteiger partial charge in [-0.2, -0.15) is 0 Å². The van der Waals surface area contributed by atoms with Crippen LogP contribution < -0.4 is 5.32 Å². The van der Waals surface area contributed by atoms with Gasteiger partial charge in [0, 0.05) is 31.0 Å². The van der Waals surface area contributed by atoms with E-state index >= 15 is 0 Å². The number of nitrogens with zero attached hydrogens (tertiary/aromatic N) is 2. The predicted molar refractivity (Wildman–Crippen MR) is 94.0 cm³/mol. The second-order valence-electron chi connectivity index (χ2n) is 6.06. The average Bonchev–Trinajstić information content (AvgIpc) is 2.52. The minimum Gasteiger partial charge on any atom is -0.379 e. The first-order chi connectivity index (χ1) is 11.0. The lowest BCUT2D eigenvalue weighted by molar-refractivity contribution is -0.384. The van der Waals surface area contributed by atoms with E-state index in [9.17, 15) is 10.1 Å². The first kappa shape index (κ1) is 19.4. The molecule has 0 saturated carbocycles. The van der Waals surface area contributed by atoms with E-state index in [1.54, 1.807) is 12.1 Å². The molecule has 6 heteroatoms. The molecule has 0 spiro atoms. The highest BCUT2D eigenvalue weighted by molar-refractivity contribution is 5.49. The molecule has 1 N–H and O–H groups in total. The van der Waals surface area contributed by atoms with E-state index < -0.39 is 0 Å². The van der Waals surface area contributed by atoms with E-state index in [1.807, 2.05) is 0 Å². The Morgan fingerprint density at radius 2 is 1.78 bits per heavy atom. The number of nitro groups is 1. The molecule has 0 heterocycles. The van der Waals surface area contributed by atoms with Gasteiger partial charge in [-0.3, -0.25) is 10.1 Å². The SMILES string of the molecule is CCN(CC)CC(COCC(C)C)Nc1ccc([N+](=O)[O-])cc1. The zero-order valence-electron chi connectivity index (χ0n) is 14.6. The normalized spacial score (nSPS) is 12.6. The minimum absolute atomic E-state index is 0.104. The molecular formula is C17H29N3O3. The number of likely N-dealkylation sites (N-methyl/N-ethyl adjacent to an activating group) is 1. The smallest absolute Gasteiger partial charge is 0.269 e. The van der Waals surface area contributed by atoms with Crippen LogP contribution in [0.25, 0.3) is 0 Å². The minimum atomic E-state index is -0.386. The zero-order chi connectivity index (χ0) is 17.2. The van der Waals surface area contributed by atoms with E-state index in [4.69, 9.17) is 4.74 Å². The second kappa shape index (κ2) is 10.2. The Balaban J connectivity index is 2.67. The fourth-order valence-electron chi connectivity index (χ4n) is 2.29. The first-order valence-corrected chi connectivity index (χ1v) is 8.27. The molecule has 1 aromatic carbocycles. The van der Waals surface area contributed by atoms with E-state index in [0.29, 0.717) is 12.5 Å². The fraction of sp³-hybridized carbons (Fsp3) is 0.647. The summed E-state index contributed by atoms with van der Waals surface area (Å²) >= 11 is 0. The van der Waals surface area contributed by atoms with Gasteiger partial charge in [-0.05, 0) is 31.1 Å². The summed E-state index contributed by atoms with van der Waals surface area (Å²) in [7, 11) is 0. The van der Waals surface area contributed by atoms with Gasteiger partial charge in [-0.1, -0.05) is 27.7 Å². The summed E-state index contributed by atoms with van der Waals surface area (Å²) < 4.78 is 5.78. The standard InChI is InChI=1S/C17H29N3O3/c1-5-19(6-2)11-16(13-23-12-14(3)4)18-15-7-9-17(10-8-15)20(21)22/h7-10,14,16,18H,5-6,11-13H2,1-4H3. The molecule has 0 bridgehead atoms. The van der Waals surface area contributed by atoms with Crippen molar-refractivity contribution in [1.82, 2.24) is 4.90 Å². The summed E-state index contributed by atoms with van der Waals surface area (Å²) in [5.41, 5.74) is 0.979. The van der Waals surface area contributed by atoms with Crippen LogP contribution in [-0.4, -0.2) is 48.7 Å². The number of ether oxygens (including phenoxy) is 1. The Morgan fingerprint density at radius 3 is 2.26 bits per heavy atom. The van der Waals surface area contributed by atoms with Crippen molar-refractivity contribution in [2.45, 2.75) is 33.7 Å². The summed E-state index contributed by atoms with van der Waals surface area (Å²) in [4.78, 5) is 12.7. The second-order valence-corrected chi connectivity index (χ2v) is 6.06. The van der Waals surface area contributed by atoms with Crippen LogP contribution in [0.5, 0.6) is 0 Å². The van der Waals surface area contributed by atoms with Crippen LogP contribution in [0.2, 0.25) is 0 Å². The molecule has 0 amide bonds. The Morgan fingerprint density at radius 1 is 1.17 bits per heavy atom. The predicted octanol–water partition coefficient (Wildman–Crippen LogP) is 3.39. The monoisotopic (exact) mass is 323 g/mol. The largest absolute Gasteiger partial charge is 0.379 e. The Bertz CT molecular complexity index is 459. The highest BCUT2D eigenvalue weighted by Crippen LogP contribution is 2.16. The van der Waals surface area contributed by atoms with Crippen LogP contribution in [0.4, 0.5) is 11.4 Å². The molecule has 1 aromatic rings. The number of non-ortho nitro benzene ring substituents is 1. The number of nitro benzene ring substituents is 1. The van der Waals surface area contributed by atoms with Crippen LogP contribution in [0, 0.1) is 16.0 Å². The van der Waals surface area contributed by atoms with E-state index in [0.717, 1.165) is 31.9 Å². The van der Waals surface area contributed by atoms with Gasteiger partial charge in [0.1, 0.15) is 0 Å². The molecule has 0 radical (unpaired) electrons. The molecular weight excluding hydrogens is 294 g/mol. The molecule has 1 rings (SSSR count). The molecule has 0 aliphatic rings. The van der Waals surface area contributed by atoms with Gasteiger partial charge in [0.05, 0.1) is 17.6 Å². The van der Waals surface area contributed by atoms with Crippen molar-refractivity contribution in [2.75, 3.05) is 38.2 Å². The maximum absolute atomic E-state index is 10.7. The highest BCUT2D eigenvalue weighted by atomic mass is 16.6. The van der Waals surface area contributed by atoms with Crippen molar-refractivity contribution in [3.05, 3.63) is 34.4 Å². The Labute approximate surface area is 139 Å². The molecule has 0 aliphatic carbocycles. The van der Waals surface area contributed by atoms with Crippen molar-refractivity contribution >= 4 is 11.4 Å². The van der Waals surface area contributed by atoms with Crippen LogP contribution in [0.3, 0.4) is 0 Å². The van der Waals surface area contributed by atoms with Crippen molar-refractivity contribution in [3.8, 4) is 0 Å². The number of anilines is 1. The van der Waals surface area contributed by atoms with E-state index in [2.05, 4.69) is 37.9 Å². The molecule has 0 aliphatic heterocycles. The Hall–Kier alpha value is -1.66. The number of hydrogen-bond acceptors (Lipinski definition) is 5. The Kier molecular flexibility index (Phi) is 8.58. The summed E-state index contributed by atoms with van der Waals surface area (Å²) in [5.74, 6) is 0.503. The molecule has 0 aromatic heterocycles. The molecule has 1 atom stereocenters. The lowest BCUT2D eigenvalue weighted by Crippen LogP contribution is -2.39. The summed E-state index contributed by atoms with van der Waals surface area (Å²) in [6, 6.07) is 6.68. The molecule has 23 heavy (non-hydrogen) atoms. The lowest BCUT2D eigenvalue weighted by atomic mass is 10.2. The summed E-state index contributed by atoms with van der Waals surface area (Å²) in [6.45, 7) is 12.7. The van der Waals surface area contributed by atoms with Crippen molar-refractivity contribution in [3.63, 3.8) is 0 Å². The quantitative estimate of drug-likeness (QED) is 0.499. The van der Waals surface area contributed by atoms with Crippen LogP contribution in [0.1, 0.15) is 27.7 Å².